The smallest absolute Gasteiger partial charge is 0.274 e. The minimum Gasteiger partial charge on any atom is -0.323 e. The molecule has 1 rings (SSSR count). The summed E-state index contributed by atoms with van der Waals surface area (Å²) < 4.78 is 0. The molecule has 1 amide bonds. The van der Waals surface area contributed by atoms with Gasteiger partial charge in [0.15, 0.2) is 0 Å². The number of hydrogen-bond donors (Lipinski definition) is 2. The number of carbonyl (C=O) groups excluding carboxylic acids is 1. The first-order valence-corrected chi connectivity index (χ1v) is 3.43. The van der Waals surface area contributed by atoms with Gasteiger partial charge < -0.3 is 10.3 Å². The number of hydrogen-bond acceptors (Lipinski definition) is 3. The van der Waals surface area contributed by atoms with Crippen molar-refractivity contribution in [2.45, 2.75) is 13.8 Å². The molecule has 0 aliphatic carbocycles. The van der Waals surface area contributed by atoms with Gasteiger partial charge in [-0.25, -0.2) is 4.98 Å². The second-order valence-electron chi connectivity index (χ2n) is 2.37. The molecular formula is C7H9N3O2. The molecule has 0 bridgehead atoms. The Labute approximate surface area is 68.8 Å². The lowest BCUT2D eigenvalue weighted by Gasteiger charge is -2.01. The molecule has 5 nitrogen and oxygen atoms in total. The van der Waals surface area contributed by atoms with Crippen molar-refractivity contribution in [1.29, 1.82) is 0 Å². The molecule has 0 saturated heterocycles. The number of aromatic nitrogens is 2. The summed E-state index contributed by atoms with van der Waals surface area (Å²) in [6.07, 6.45) is 0.453. The third-order valence-corrected chi connectivity index (χ3v) is 1.42. The van der Waals surface area contributed by atoms with Gasteiger partial charge in [0.2, 0.25) is 6.41 Å². The van der Waals surface area contributed by atoms with E-state index in [0.717, 1.165) is 0 Å². The summed E-state index contributed by atoms with van der Waals surface area (Å²) in [4.78, 5) is 27.7. The minimum absolute atomic E-state index is 0.204. The Hall–Kier alpha value is -1.65. The standard InChI is InChI=1S/C7H9N3O2/c1-4-6(8-3-11)7(12)10-5(2)9-4/h3H,1-2H3,(H,8,11)(H,9,10,12). The Morgan fingerprint density at radius 1 is 1.50 bits per heavy atom. The summed E-state index contributed by atoms with van der Waals surface area (Å²) in [5.74, 6) is 0.536. The number of aromatic amines is 1. The molecule has 0 aliphatic heterocycles. The monoisotopic (exact) mass is 167 g/mol. The Morgan fingerprint density at radius 2 is 2.17 bits per heavy atom. The van der Waals surface area contributed by atoms with Crippen LogP contribution in [0.3, 0.4) is 0 Å². The molecule has 0 unspecified atom stereocenters. The molecule has 0 radical (unpaired) electrons. The van der Waals surface area contributed by atoms with Crippen LogP contribution in [0, 0.1) is 13.8 Å². The van der Waals surface area contributed by atoms with Crippen LogP contribution in [0.2, 0.25) is 0 Å². The van der Waals surface area contributed by atoms with Crippen molar-refractivity contribution in [1.82, 2.24) is 9.97 Å². The Balaban J connectivity index is 3.28. The van der Waals surface area contributed by atoms with Crippen molar-refractivity contribution in [3.8, 4) is 0 Å². The zero-order valence-corrected chi connectivity index (χ0v) is 6.84. The molecule has 2 N–H and O–H groups in total. The van der Waals surface area contributed by atoms with E-state index in [1.165, 1.54) is 0 Å². The van der Waals surface area contributed by atoms with E-state index in [1.807, 2.05) is 0 Å². The fourth-order valence-electron chi connectivity index (χ4n) is 0.955. The van der Waals surface area contributed by atoms with Crippen LogP contribution in [-0.2, 0) is 4.79 Å². The molecule has 1 heterocycles. The van der Waals surface area contributed by atoms with Gasteiger partial charge in [-0.2, -0.15) is 0 Å². The average molecular weight is 167 g/mol. The first-order chi connectivity index (χ1) is 5.65. The summed E-state index contributed by atoms with van der Waals surface area (Å²) in [6.45, 7) is 3.34. The minimum atomic E-state index is -0.327. The number of H-pyrrole nitrogens is 1. The van der Waals surface area contributed by atoms with Crippen molar-refractivity contribution in [2.24, 2.45) is 0 Å². The number of aryl methyl sites for hydroxylation is 2. The van der Waals surface area contributed by atoms with Gasteiger partial charge in [0.05, 0.1) is 5.69 Å². The van der Waals surface area contributed by atoms with Crippen molar-refractivity contribution < 1.29 is 4.79 Å². The highest BCUT2D eigenvalue weighted by Crippen LogP contribution is 2.02. The van der Waals surface area contributed by atoms with E-state index >= 15 is 0 Å². The van der Waals surface area contributed by atoms with Crippen LogP contribution >= 0.6 is 0 Å². The summed E-state index contributed by atoms with van der Waals surface area (Å²) >= 11 is 0. The van der Waals surface area contributed by atoms with Gasteiger partial charge in [-0.3, -0.25) is 9.59 Å². The molecule has 1 aromatic rings. The number of rotatable bonds is 2. The molecule has 5 heteroatoms. The first-order valence-electron chi connectivity index (χ1n) is 3.43. The van der Waals surface area contributed by atoms with Gasteiger partial charge in [-0.05, 0) is 13.8 Å². The maximum atomic E-state index is 11.1. The zero-order valence-electron chi connectivity index (χ0n) is 6.84. The summed E-state index contributed by atoms with van der Waals surface area (Å²) in [6, 6.07) is 0. The first kappa shape index (κ1) is 8.45. The van der Waals surface area contributed by atoms with Gasteiger partial charge in [0.1, 0.15) is 11.5 Å². The van der Waals surface area contributed by atoms with Crippen molar-refractivity contribution in [2.75, 3.05) is 5.32 Å². The quantitative estimate of drug-likeness (QED) is 0.606. The molecule has 0 aliphatic rings. The number of anilines is 1. The Bertz CT molecular complexity index is 356. The highest BCUT2D eigenvalue weighted by Gasteiger charge is 2.03. The van der Waals surface area contributed by atoms with Crippen molar-refractivity contribution in [3.05, 3.63) is 21.9 Å². The molecular weight excluding hydrogens is 158 g/mol. The second-order valence-corrected chi connectivity index (χ2v) is 2.37. The molecule has 0 atom stereocenters. The molecule has 0 saturated carbocycles. The van der Waals surface area contributed by atoms with Crippen LogP contribution in [0.1, 0.15) is 11.5 Å². The van der Waals surface area contributed by atoms with Crippen LogP contribution in [0.5, 0.6) is 0 Å². The lowest BCUT2D eigenvalue weighted by atomic mass is 10.3. The van der Waals surface area contributed by atoms with Crippen molar-refractivity contribution in [3.63, 3.8) is 0 Å². The number of nitrogens with one attached hydrogen (secondary N) is 2. The third kappa shape index (κ3) is 1.50. The van der Waals surface area contributed by atoms with E-state index in [1.54, 1.807) is 13.8 Å². The van der Waals surface area contributed by atoms with Crippen LogP contribution in [0.15, 0.2) is 4.79 Å². The number of carbonyl (C=O) groups is 1. The summed E-state index contributed by atoms with van der Waals surface area (Å²) in [7, 11) is 0. The maximum absolute atomic E-state index is 11.1. The predicted octanol–water partition coefficient (Wildman–Crippen LogP) is -0.0450. The van der Waals surface area contributed by atoms with Gasteiger partial charge in [-0.1, -0.05) is 0 Å². The van der Waals surface area contributed by atoms with Gasteiger partial charge in [-0.15, -0.1) is 0 Å². The largest absolute Gasteiger partial charge is 0.323 e. The summed E-state index contributed by atoms with van der Waals surface area (Å²) in [5, 5.41) is 2.28. The molecule has 12 heavy (non-hydrogen) atoms. The average Bonchev–Trinajstić information content (AvgIpc) is 1.96. The Kier molecular flexibility index (Phi) is 2.23. The topological polar surface area (TPSA) is 74.8 Å². The highest BCUT2D eigenvalue weighted by atomic mass is 16.1. The lowest BCUT2D eigenvalue weighted by Crippen LogP contribution is -2.17. The van der Waals surface area contributed by atoms with Gasteiger partial charge >= 0.3 is 0 Å². The SMILES string of the molecule is Cc1nc(C)c(NC=O)c(=O)[nH]1. The van der Waals surface area contributed by atoms with Crippen LogP contribution < -0.4 is 10.9 Å². The predicted molar refractivity (Wildman–Crippen MR) is 44.0 cm³/mol. The van der Waals surface area contributed by atoms with E-state index in [0.29, 0.717) is 17.9 Å². The third-order valence-electron chi connectivity index (χ3n) is 1.42. The van der Waals surface area contributed by atoms with Crippen LogP contribution in [-0.4, -0.2) is 16.4 Å². The van der Waals surface area contributed by atoms with Crippen molar-refractivity contribution >= 4 is 12.1 Å². The van der Waals surface area contributed by atoms with Gasteiger partial charge in [0, 0.05) is 0 Å². The molecule has 0 fully saturated rings. The molecule has 0 aromatic carbocycles. The highest BCUT2D eigenvalue weighted by molar-refractivity contribution is 5.71. The van der Waals surface area contributed by atoms with Crippen LogP contribution in [0.4, 0.5) is 5.69 Å². The van der Waals surface area contributed by atoms with E-state index in [9.17, 15) is 9.59 Å². The van der Waals surface area contributed by atoms with E-state index < -0.39 is 0 Å². The number of amides is 1. The molecule has 1 aromatic heterocycles. The van der Waals surface area contributed by atoms with Gasteiger partial charge in [0.25, 0.3) is 5.56 Å². The molecule has 64 valence electrons. The van der Waals surface area contributed by atoms with E-state index in [4.69, 9.17) is 0 Å². The maximum Gasteiger partial charge on any atom is 0.274 e. The lowest BCUT2D eigenvalue weighted by molar-refractivity contribution is -0.105. The Morgan fingerprint density at radius 3 is 2.67 bits per heavy atom. The molecule has 0 spiro atoms. The van der Waals surface area contributed by atoms with E-state index in [-0.39, 0.29) is 11.2 Å². The normalized spacial score (nSPS) is 9.50. The summed E-state index contributed by atoms with van der Waals surface area (Å²) in [5.41, 5.74) is 0.394. The zero-order chi connectivity index (χ0) is 9.14. The fraction of sp³-hybridized carbons (Fsp3) is 0.286. The number of nitrogens with zero attached hydrogens (tertiary/aromatic N) is 1. The van der Waals surface area contributed by atoms with E-state index in [2.05, 4.69) is 15.3 Å². The fourth-order valence-corrected chi connectivity index (χ4v) is 0.955. The second kappa shape index (κ2) is 3.17. The van der Waals surface area contributed by atoms with Crippen LogP contribution in [0.25, 0.3) is 0 Å².